The van der Waals surface area contributed by atoms with E-state index in [9.17, 15) is 19.5 Å². The molecule has 0 bridgehead atoms. The molecule has 0 spiro atoms. The van der Waals surface area contributed by atoms with Crippen LogP contribution in [0.5, 0.6) is 0 Å². The smallest absolute Gasteiger partial charge is 0.324 e. The number of nitrogens with zero attached hydrogens (tertiary/aromatic N) is 1. The van der Waals surface area contributed by atoms with Gasteiger partial charge in [0.05, 0.1) is 5.71 Å². The standard InChI is InChI=1S/C16H24N2O5/c1-3-4-5-6-8-11-15(2,12(19)18-17-11)23-14(22)16(13(20)21)9-7-10-16/h3-10H2,1-2H3,(H,18,19)(H,20,21). The van der Waals surface area contributed by atoms with E-state index in [1.54, 1.807) is 0 Å². The second kappa shape index (κ2) is 6.68. The van der Waals surface area contributed by atoms with Crippen molar-refractivity contribution in [3.8, 4) is 0 Å². The Labute approximate surface area is 135 Å². The Morgan fingerprint density at radius 2 is 2.00 bits per heavy atom. The maximum Gasteiger partial charge on any atom is 0.324 e. The normalized spacial score (nSPS) is 25.3. The zero-order chi connectivity index (χ0) is 17.1. The monoisotopic (exact) mass is 324 g/mol. The minimum atomic E-state index is -1.50. The van der Waals surface area contributed by atoms with Gasteiger partial charge >= 0.3 is 11.9 Å². The molecular weight excluding hydrogens is 300 g/mol. The lowest BCUT2D eigenvalue weighted by Crippen LogP contribution is -2.53. The first-order chi connectivity index (χ1) is 10.9. The van der Waals surface area contributed by atoms with E-state index < -0.39 is 28.9 Å². The molecule has 128 valence electrons. The lowest BCUT2D eigenvalue weighted by molar-refractivity contribution is -0.183. The summed E-state index contributed by atoms with van der Waals surface area (Å²) >= 11 is 0. The van der Waals surface area contributed by atoms with Crippen molar-refractivity contribution in [1.82, 2.24) is 5.43 Å². The van der Waals surface area contributed by atoms with Crippen molar-refractivity contribution in [3.63, 3.8) is 0 Å². The average molecular weight is 324 g/mol. The number of amides is 1. The molecule has 1 heterocycles. The molecule has 1 amide bonds. The number of hydrogen-bond acceptors (Lipinski definition) is 5. The fourth-order valence-corrected chi connectivity index (χ4v) is 2.90. The number of carboxylic acids is 1. The Morgan fingerprint density at radius 3 is 2.52 bits per heavy atom. The fraction of sp³-hybridized carbons (Fsp3) is 0.750. The molecule has 0 radical (unpaired) electrons. The molecule has 7 nitrogen and oxygen atoms in total. The minimum absolute atomic E-state index is 0.252. The van der Waals surface area contributed by atoms with Gasteiger partial charge in [-0.05, 0) is 39.0 Å². The Hall–Kier alpha value is -1.92. The van der Waals surface area contributed by atoms with Gasteiger partial charge in [0.25, 0.3) is 5.91 Å². The van der Waals surface area contributed by atoms with Gasteiger partial charge in [0.2, 0.25) is 5.60 Å². The molecule has 0 aromatic heterocycles. The van der Waals surface area contributed by atoms with Crippen LogP contribution < -0.4 is 5.43 Å². The second-order valence-corrected chi connectivity index (χ2v) is 6.47. The Bertz CT molecular complexity index is 539. The molecule has 0 aromatic carbocycles. The topological polar surface area (TPSA) is 105 Å². The molecule has 23 heavy (non-hydrogen) atoms. The SMILES string of the molecule is CCCCCCC1=NNC(=O)C1(C)OC(=O)C1(C(=O)O)CCC1. The lowest BCUT2D eigenvalue weighted by Gasteiger charge is -2.37. The van der Waals surface area contributed by atoms with Crippen molar-refractivity contribution in [2.24, 2.45) is 10.5 Å². The van der Waals surface area contributed by atoms with Gasteiger partial charge in [0.15, 0.2) is 5.41 Å². The number of rotatable bonds is 8. The van der Waals surface area contributed by atoms with Crippen LogP contribution in [0.15, 0.2) is 5.10 Å². The van der Waals surface area contributed by atoms with Gasteiger partial charge in [-0.15, -0.1) is 0 Å². The Kier molecular flexibility index (Phi) is 5.06. The van der Waals surface area contributed by atoms with Gasteiger partial charge in [-0.1, -0.05) is 26.2 Å². The van der Waals surface area contributed by atoms with Crippen LogP contribution in [0.4, 0.5) is 0 Å². The molecular formula is C16H24N2O5. The van der Waals surface area contributed by atoms with Gasteiger partial charge < -0.3 is 9.84 Å². The van der Waals surface area contributed by atoms with Crippen LogP contribution >= 0.6 is 0 Å². The van der Waals surface area contributed by atoms with Crippen molar-refractivity contribution in [1.29, 1.82) is 0 Å². The summed E-state index contributed by atoms with van der Waals surface area (Å²) in [5.74, 6) is -2.54. The summed E-state index contributed by atoms with van der Waals surface area (Å²) in [6, 6.07) is 0. The third-order valence-electron chi connectivity index (χ3n) is 4.85. The molecule has 0 aromatic rings. The molecule has 1 aliphatic heterocycles. The fourth-order valence-electron chi connectivity index (χ4n) is 2.90. The highest BCUT2D eigenvalue weighted by atomic mass is 16.6. The van der Waals surface area contributed by atoms with E-state index in [0.29, 0.717) is 18.6 Å². The molecule has 2 rings (SSSR count). The summed E-state index contributed by atoms with van der Waals surface area (Å²) in [4.78, 5) is 35.9. The lowest BCUT2D eigenvalue weighted by atomic mass is 9.68. The molecule has 1 fully saturated rings. The molecule has 2 N–H and O–H groups in total. The predicted molar refractivity (Wildman–Crippen MR) is 82.8 cm³/mol. The number of esters is 1. The van der Waals surface area contributed by atoms with Crippen LogP contribution in [0.25, 0.3) is 0 Å². The maximum absolute atomic E-state index is 12.4. The average Bonchev–Trinajstić information content (AvgIpc) is 2.69. The number of nitrogens with one attached hydrogen (secondary N) is 1. The van der Waals surface area contributed by atoms with E-state index in [1.807, 2.05) is 0 Å². The largest absolute Gasteiger partial charge is 0.480 e. The van der Waals surface area contributed by atoms with Crippen LogP contribution in [0.3, 0.4) is 0 Å². The van der Waals surface area contributed by atoms with Crippen molar-refractivity contribution < 1.29 is 24.2 Å². The summed E-state index contributed by atoms with van der Waals surface area (Å²) < 4.78 is 5.39. The molecule has 0 saturated heterocycles. The predicted octanol–water partition coefficient (Wildman–Crippen LogP) is 2.00. The highest BCUT2D eigenvalue weighted by Gasteiger charge is 2.57. The number of carbonyl (C=O) groups is 3. The van der Waals surface area contributed by atoms with Gasteiger partial charge in [-0.25, -0.2) is 5.43 Å². The van der Waals surface area contributed by atoms with E-state index >= 15 is 0 Å². The Morgan fingerprint density at radius 1 is 1.30 bits per heavy atom. The summed E-state index contributed by atoms with van der Waals surface area (Å²) in [6.07, 6.45) is 5.75. The number of hydrogen-bond donors (Lipinski definition) is 2. The van der Waals surface area contributed by atoms with Gasteiger partial charge in [-0.2, -0.15) is 5.10 Å². The highest BCUT2D eigenvalue weighted by molar-refractivity contribution is 6.16. The van der Waals surface area contributed by atoms with Gasteiger partial charge in [0.1, 0.15) is 0 Å². The van der Waals surface area contributed by atoms with Crippen molar-refractivity contribution in [2.75, 3.05) is 0 Å². The van der Waals surface area contributed by atoms with E-state index in [0.717, 1.165) is 25.7 Å². The first kappa shape index (κ1) is 17.4. The van der Waals surface area contributed by atoms with Gasteiger partial charge in [0, 0.05) is 0 Å². The van der Waals surface area contributed by atoms with Crippen molar-refractivity contribution in [3.05, 3.63) is 0 Å². The quantitative estimate of drug-likeness (QED) is 0.403. The molecule has 1 saturated carbocycles. The zero-order valence-electron chi connectivity index (χ0n) is 13.7. The third kappa shape index (κ3) is 3.09. The minimum Gasteiger partial charge on any atom is -0.480 e. The number of carbonyl (C=O) groups excluding carboxylic acids is 2. The molecule has 1 unspecified atom stereocenters. The molecule has 7 heteroatoms. The molecule has 1 atom stereocenters. The van der Waals surface area contributed by atoms with Crippen LogP contribution in [-0.4, -0.2) is 34.3 Å². The third-order valence-corrected chi connectivity index (χ3v) is 4.85. The number of aliphatic carboxylic acids is 1. The van der Waals surface area contributed by atoms with E-state index in [-0.39, 0.29) is 12.8 Å². The number of carboxylic acid groups (broad SMARTS) is 1. The number of unbranched alkanes of at least 4 members (excludes halogenated alkanes) is 3. The Balaban J connectivity index is 2.06. The van der Waals surface area contributed by atoms with Crippen LogP contribution in [0, 0.1) is 5.41 Å². The van der Waals surface area contributed by atoms with Crippen molar-refractivity contribution >= 4 is 23.6 Å². The first-order valence-electron chi connectivity index (χ1n) is 8.21. The summed E-state index contributed by atoms with van der Waals surface area (Å²) in [6.45, 7) is 3.59. The van der Waals surface area contributed by atoms with Crippen LogP contribution in [0.1, 0.15) is 65.2 Å². The van der Waals surface area contributed by atoms with Crippen LogP contribution in [0.2, 0.25) is 0 Å². The first-order valence-corrected chi connectivity index (χ1v) is 8.21. The molecule has 1 aliphatic carbocycles. The van der Waals surface area contributed by atoms with E-state index in [4.69, 9.17) is 4.74 Å². The summed E-state index contributed by atoms with van der Waals surface area (Å²) in [7, 11) is 0. The zero-order valence-corrected chi connectivity index (χ0v) is 13.7. The summed E-state index contributed by atoms with van der Waals surface area (Å²) in [5.41, 5.74) is -0.187. The highest BCUT2D eigenvalue weighted by Crippen LogP contribution is 2.43. The molecule has 2 aliphatic rings. The van der Waals surface area contributed by atoms with Gasteiger partial charge in [-0.3, -0.25) is 14.4 Å². The second-order valence-electron chi connectivity index (χ2n) is 6.47. The summed E-state index contributed by atoms with van der Waals surface area (Å²) in [5, 5.41) is 13.3. The van der Waals surface area contributed by atoms with Crippen LogP contribution in [-0.2, 0) is 19.1 Å². The van der Waals surface area contributed by atoms with E-state index in [2.05, 4.69) is 17.5 Å². The van der Waals surface area contributed by atoms with E-state index in [1.165, 1.54) is 6.92 Å². The number of hydrazone groups is 1. The van der Waals surface area contributed by atoms with Crippen molar-refractivity contribution in [2.45, 2.75) is 70.8 Å². The maximum atomic E-state index is 12.4. The number of ether oxygens (including phenoxy) is 1.